The predicted molar refractivity (Wildman–Crippen MR) is 70.5 cm³/mol. The number of hydrogen-bond donors (Lipinski definition) is 1. The molecule has 0 saturated carbocycles. The lowest BCUT2D eigenvalue weighted by molar-refractivity contribution is -0.137. The topological polar surface area (TPSA) is 15.3 Å². The SMILES string of the molecule is Cc1ccc(C(F)(F)F)cc1N1CCCNC(C)C1. The van der Waals surface area contributed by atoms with Crippen molar-refractivity contribution in [2.75, 3.05) is 24.5 Å². The van der Waals surface area contributed by atoms with Crippen LogP contribution in [0.3, 0.4) is 0 Å². The van der Waals surface area contributed by atoms with Crippen LogP contribution in [0.2, 0.25) is 0 Å². The van der Waals surface area contributed by atoms with Gasteiger partial charge in [0.1, 0.15) is 0 Å². The van der Waals surface area contributed by atoms with Gasteiger partial charge in [-0.25, -0.2) is 0 Å². The van der Waals surface area contributed by atoms with E-state index in [1.165, 1.54) is 6.07 Å². The third-order valence-electron chi connectivity index (χ3n) is 3.47. The molecule has 2 nitrogen and oxygen atoms in total. The average molecular weight is 272 g/mol. The fourth-order valence-corrected chi connectivity index (χ4v) is 2.45. The number of benzene rings is 1. The van der Waals surface area contributed by atoms with Crippen LogP contribution >= 0.6 is 0 Å². The molecule has 1 N–H and O–H groups in total. The maximum atomic E-state index is 12.8. The molecular formula is C14H19F3N2. The van der Waals surface area contributed by atoms with Crippen LogP contribution in [0.1, 0.15) is 24.5 Å². The van der Waals surface area contributed by atoms with E-state index >= 15 is 0 Å². The molecule has 5 heteroatoms. The van der Waals surface area contributed by atoms with Crippen molar-refractivity contribution in [3.05, 3.63) is 29.3 Å². The summed E-state index contributed by atoms with van der Waals surface area (Å²) in [5, 5.41) is 3.34. The van der Waals surface area contributed by atoms with Crippen molar-refractivity contribution >= 4 is 5.69 Å². The van der Waals surface area contributed by atoms with Gasteiger partial charge in [-0.2, -0.15) is 13.2 Å². The molecule has 1 saturated heterocycles. The van der Waals surface area contributed by atoms with Crippen molar-refractivity contribution in [1.82, 2.24) is 5.32 Å². The molecule has 0 bridgehead atoms. The lowest BCUT2D eigenvalue weighted by Crippen LogP contribution is -2.35. The Bertz CT molecular complexity index is 443. The van der Waals surface area contributed by atoms with E-state index < -0.39 is 11.7 Å². The van der Waals surface area contributed by atoms with Gasteiger partial charge >= 0.3 is 6.18 Å². The van der Waals surface area contributed by atoms with Gasteiger partial charge in [0.25, 0.3) is 0 Å². The van der Waals surface area contributed by atoms with Gasteiger partial charge < -0.3 is 10.2 Å². The Morgan fingerprint density at radius 2 is 2.05 bits per heavy atom. The van der Waals surface area contributed by atoms with Gasteiger partial charge in [-0.3, -0.25) is 0 Å². The minimum Gasteiger partial charge on any atom is -0.370 e. The molecule has 1 aromatic carbocycles. The molecule has 0 aliphatic carbocycles. The van der Waals surface area contributed by atoms with Crippen molar-refractivity contribution in [2.24, 2.45) is 0 Å². The smallest absolute Gasteiger partial charge is 0.370 e. The molecule has 1 aromatic rings. The maximum Gasteiger partial charge on any atom is 0.416 e. The molecule has 1 unspecified atom stereocenters. The van der Waals surface area contributed by atoms with Gasteiger partial charge in [0.15, 0.2) is 0 Å². The Kier molecular flexibility index (Phi) is 4.04. The first-order valence-electron chi connectivity index (χ1n) is 6.54. The van der Waals surface area contributed by atoms with Crippen LogP contribution in [0.25, 0.3) is 0 Å². The number of nitrogens with zero attached hydrogens (tertiary/aromatic N) is 1. The van der Waals surface area contributed by atoms with E-state index in [0.29, 0.717) is 5.69 Å². The predicted octanol–water partition coefficient (Wildman–Crippen LogP) is 3.20. The van der Waals surface area contributed by atoms with Crippen molar-refractivity contribution in [2.45, 2.75) is 32.5 Å². The zero-order chi connectivity index (χ0) is 14.0. The van der Waals surface area contributed by atoms with Gasteiger partial charge in [-0.1, -0.05) is 6.07 Å². The van der Waals surface area contributed by atoms with E-state index in [1.807, 2.05) is 6.92 Å². The summed E-state index contributed by atoms with van der Waals surface area (Å²) in [5.74, 6) is 0. The van der Waals surface area contributed by atoms with Crippen LogP contribution in [0.5, 0.6) is 0 Å². The van der Waals surface area contributed by atoms with Crippen molar-refractivity contribution in [3.8, 4) is 0 Å². The summed E-state index contributed by atoms with van der Waals surface area (Å²) in [6, 6.07) is 4.27. The highest BCUT2D eigenvalue weighted by Crippen LogP contribution is 2.33. The summed E-state index contributed by atoms with van der Waals surface area (Å²) in [6.45, 7) is 6.36. The standard InChI is InChI=1S/C14H19F3N2/c1-10-4-5-12(14(15,16)17)8-13(10)19-7-3-6-18-11(2)9-19/h4-5,8,11,18H,3,6-7,9H2,1-2H3. The molecule has 1 fully saturated rings. The lowest BCUT2D eigenvalue weighted by atomic mass is 10.1. The van der Waals surface area contributed by atoms with E-state index in [1.54, 1.807) is 6.07 Å². The molecule has 0 radical (unpaired) electrons. The number of aryl methyl sites for hydroxylation is 1. The Morgan fingerprint density at radius 1 is 1.32 bits per heavy atom. The van der Waals surface area contributed by atoms with Gasteiger partial charge in [0.05, 0.1) is 5.56 Å². The fraction of sp³-hybridized carbons (Fsp3) is 0.571. The van der Waals surface area contributed by atoms with E-state index in [-0.39, 0.29) is 6.04 Å². The second-order valence-corrected chi connectivity index (χ2v) is 5.15. The lowest BCUT2D eigenvalue weighted by Gasteiger charge is -2.27. The summed E-state index contributed by atoms with van der Waals surface area (Å²) in [5.41, 5.74) is 1.02. The first-order valence-corrected chi connectivity index (χ1v) is 6.54. The van der Waals surface area contributed by atoms with Crippen molar-refractivity contribution in [3.63, 3.8) is 0 Å². The summed E-state index contributed by atoms with van der Waals surface area (Å²) in [6.07, 6.45) is -3.34. The molecule has 1 heterocycles. The average Bonchev–Trinajstić information content (AvgIpc) is 2.53. The summed E-state index contributed by atoms with van der Waals surface area (Å²) >= 11 is 0. The third kappa shape index (κ3) is 3.41. The molecule has 0 aromatic heterocycles. The molecule has 1 atom stereocenters. The first kappa shape index (κ1) is 14.2. The Morgan fingerprint density at radius 3 is 2.74 bits per heavy atom. The van der Waals surface area contributed by atoms with E-state index in [9.17, 15) is 13.2 Å². The van der Waals surface area contributed by atoms with Gasteiger partial charge in [-0.15, -0.1) is 0 Å². The van der Waals surface area contributed by atoms with E-state index in [0.717, 1.165) is 37.7 Å². The molecule has 19 heavy (non-hydrogen) atoms. The van der Waals surface area contributed by atoms with Crippen LogP contribution < -0.4 is 10.2 Å². The molecule has 106 valence electrons. The highest BCUT2D eigenvalue weighted by molar-refractivity contribution is 5.55. The molecule has 2 rings (SSSR count). The van der Waals surface area contributed by atoms with Crippen LogP contribution in [0.15, 0.2) is 18.2 Å². The number of hydrogen-bond acceptors (Lipinski definition) is 2. The minimum atomic E-state index is -4.28. The largest absolute Gasteiger partial charge is 0.416 e. The second-order valence-electron chi connectivity index (χ2n) is 5.15. The van der Waals surface area contributed by atoms with Crippen molar-refractivity contribution < 1.29 is 13.2 Å². The zero-order valence-corrected chi connectivity index (χ0v) is 11.2. The summed E-state index contributed by atoms with van der Waals surface area (Å²) in [7, 11) is 0. The Labute approximate surface area is 111 Å². The Balaban J connectivity index is 2.32. The minimum absolute atomic E-state index is 0.288. The highest BCUT2D eigenvalue weighted by Gasteiger charge is 2.31. The highest BCUT2D eigenvalue weighted by atomic mass is 19.4. The second kappa shape index (κ2) is 5.41. The number of rotatable bonds is 1. The fourth-order valence-electron chi connectivity index (χ4n) is 2.45. The van der Waals surface area contributed by atoms with E-state index in [4.69, 9.17) is 0 Å². The summed E-state index contributed by atoms with van der Waals surface area (Å²) in [4.78, 5) is 2.05. The normalized spacial score (nSPS) is 21.3. The molecule has 0 amide bonds. The number of nitrogens with one attached hydrogen (secondary N) is 1. The van der Waals surface area contributed by atoms with Crippen LogP contribution in [0.4, 0.5) is 18.9 Å². The quantitative estimate of drug-likeness (QED) is 0.844. The number of halogens is 3. The van der Waals surface area contributed by atoms with Crippen LogP contribution in [-0.2, 0) is 6.18 Å². The van der Waals surface area contributed by atoms with Gasteiger partial charge in [0.2, 0.25) is 0 Å². The monoisotopic (exact) mass is 272 g/mol. The molecule has 1 aliphatic heterocycles. The van der Waals surface area contributed by atoms with Crippen LogP contribution in [-0.4, -0.2) is 25.7 Å². The van der Waals surface area contributed by atoms with Gasteiger partial charge in [0, 0.05) is 24.8 Å². The molecule has 1 aliphatic rings. The molecule has 0 spiro atoms. The Hall–Kier alpha value is -1.23. The van der Waals surface area contributed by atoms with Gasteiger partial charge in [-0.05, 0) is 44.5 Å². The zero-order valence-electron chi connectivity index (χ0n) is 11.2. The third-order valence-corrected chi connectivity index (χ3v) is 3.47. The number of alkyl halides is 3. The van der Waals surface area contributed by atoms with Crippen molar-refractivity contribution in [1.29, 1.82) is 0 Å². The first-order chi connectivity index (χ1) is 8.88. The van der Waals surface area contributed by atoms with Crippen LogP contribution in [0, 0.1) is 6.92 Å². The maximum absolute atomic E-state index is 12.8. The summed E-state index contributed by atoms with van der Waals surface area (Å²) < 4.78 is 38.4. The molecular weight excluding hydrogens is 253 g/mol. The van der Waals surface area contributed by atoms with E-state index in [2.05, 4.69) is 17.1 Å². The number of anilines is 1.